The maximum absolute atomic E-state index is 9.32. The normalized spacial score (nSPS) is 35.0. The van der Waals surface area contributed by atoms with Crippen LogP contribution in [0.2, 0.25) is 0 Å². The lowest BCUT2D eigenvalue weighted by molar-refractivity contribution is -0.0570. The summed E-state index contributed by atoms with van der Waals surface area (Å²) in [5, 5.41) is 18.6. The van der Waals surface area contributed by atoms with Gasteiger partial charge in [0, 0.05) is 5.41 Å². The van der Waals surface area contributed by atoms with Gasteiger partial charge in [-0.15, -0.1) is 0 Å². The summed E-state index contributed by atoms with van der Waals surface area (Å²) in [5.74, 6) is 0.910. The van der Waals surface area contributed by atoms with Crippen molar-refractivity contribution in [3.05, 3.63) is 0 Å². The summed E-state index contributed by atoms with van der Waals surface area (Å²) < 4.78 is 0. The summed E-state index contributed by atoms with van der Waals surface area (Å²) in [5.41, 5.74) is -0.210. The second-order valence-corrected chi connectivity index (χ2v) is 4.28. The highest BCUT2D eigenvalue weighted by Gasteiger charge is 2.42. The molecular weight excluding hydrogens is 152 g/mol. The van der Waals surface area contributed by atoms with E-state index in [0.29, 0.717) is 11.8 Å². The summed E-state index contributed by atoms with van der Waals surface area (Å²) in [6.45, 7) is 4.54. The molecule has 2 atom stereocenters. The van der Waals surface area contributed by atoms with E-state index in [4.69, 9.17) is 0 Å². The smallest absolute Gasteiger partial charge is 0.0514 e. The zero-order valence-corrected chi connectivity index (χ0v) is 8.08. The summed E-state index contributed by atoms with van der Waals surface area (Å²) in [6, 6.07) is 0. The second kappa shape index (κ2) is 3.75. The molecule has 0 aromatic rings. The van der Waals surface area contributed by atoms with Crippen molar-refractivity contribution in [1.82, 2.24) is 0 Å². The molecule has 0 bridgehead atoms. The molecule has 1 saturated carbocycles. The summed E-state index contributed by atoms with van der Waals surface area (Å²) in [4.78, 5) is 0. The van der Waals surface area contributed by atoms with Gasteiger partial charge in [0.1, 0.15) is 0 Å². The Bertz CT molecular complexity index is 129. The van der Waals surface area contributed by atoms with Crippen LogP contribution >= 0.6 is 0 Å². The predicted octanol–water partition coefficient (Wildman–Crippen LogP) is 1.41. The number of aliphatic hydroxyl groups excluding tert-OH is 2. The largest absolute Gasteiger partial charge is 0.396 e. The third kappa shape index (κ3) is 1.38. The average molecular weight is 172 g/mol. The molecule has 72 valence electrons. The Kier molecular flexibility index (Phi) is 3.13. The molecule has 2 heteroatoms. The molecule has 12 heavy (non-hydrogen) atoms. The van der Waals surface area contributed by atoms with E-state index in [1.807, 2.05) is 0 Å². The van der Waals surface area contributed by atoms with E-state index in [1.54, 1.807) is 0 Å². The monoisotopic (exact) mass is 172 g/mol. The van der Waals surface area contributed by atoms with Gasteiger partial charge in [0.15, 0.2) is 0 Å². The van der Waals surface area contributed by atoms with Crippen LogP contribution in [0.5, 0.6) is 0 Å². The van der Waals surface area contributed by atoms with Gasteiger partial charge in [-0.25, -0.2) is 0 Å². The van der Waals surface area contributed by atoms with Crippen molar-refractivity contribution in [3.8, 4) is 0 Å². The summed E-state index contributed by atoms with van der Waals surface area (Å²) >= 11 is 0. The van der Waals surface area contributed by atoms with Crippen molar-refractivity contribution in [1.29, 1.82) is 0 Å². The molecule has 0 aliphatic heterocycles. The second-order valence-electron chi connectivity index (χ2n) is 4.28. The van der Waals surface area contributed by atoms with Crippen LogP contribution in [0.1, 0.15) is 33.1 Å². The van der Waals surface area contributed by atoms with E-state index in [0.717, 1.165) is 12.8 Å². The van der Waals surface area contributed by atoms with E-state index in [1.165, 1.54) is 6.42 Å². The first-order valence-electron chi connectivity index (χ1n) is 4.89. The standard InChI is InChI=1S/C10H20O2/c1-8-4-3-5-9(2)10(8,6-11)7-12/h8-9,11-12H,3-7H2,1-2H3. The van der Waals surface area contributed by atoms with Gasteiger partial charge in [-0.2, -0.15) is 0 Å². The van der Waals surface area contributed by atoms with Crippen molar-refractivity contribution < 1.29 is 10.2 Å². The van der Waals surface area contributed by atoms with E-state index in [2.05, 4.69) is 13.8 Å². The molecule has 0 heterocycles. The zero-order chi connectivity index (χ0) is 9.19. The Labute approximate surface area is 74.6 Å². The first-order chi connectivity index (χ1) is 5.67. The molecule has 1 fully saturated rings. The van der Waals surface area contributed by atoms with Crippen LogP contribution < -0.4 is 0 Å². The van der Waals surface area contributed by atoms with Crippen molar-refractivity contribution in [2.45, 2.75) is 33.1 Å². The van der Waals surface area contributed by atoms with Crippen LogP contribution in [-0.2, 0) is 0 Å². The van der Waals surface area contributed by atoms with E-state index in [9.17, 15) is 10.2 Å². The molecule has 2 N–H and O–H groups in total. The molecule has 0 radical (unpaired) electrons. The first-order valence-corrected chi connectivity index (χ1v) is 4.89. The Morgan fingerprint density at radius 1 is 1.08 bits per heavy atom. The fourth-order valence-corrected chi connectivity index (χ4v) is 2.46. The Hall–Kier alpha value is -0.0800. The van der Waals surface area contributed by atoms with Gasteiger partial charge in [-0.1, -0.05) is 20.3 Å². The van der Waals surface area contributed by atoms with Crippen molar-refractivity contribution in [3.63, 3.8) is 0 Å². The van der Waals surface area contributed by atoms with Crippen molar-refractivity contribution in [2.24, 2.45) is 17.3 Å². The molecule has 0 saturated heterocycles. The minimum Gasteiger partial charge on any atom is -0.396 e. The predicted molar refractivity (Wildman–Crippen MR) is 48.8 cm³/mol. The van der Waals surface area contributed by atoms with Gasteiger partial charge in [0.2, 0.25) is 0 Å². The van der Waals surface area contributed by atoms with Crippen LogP contribution in [0.3, 0.4) is 0 Å². The van der Waals surface area contributed by atoms with Crippen LogP contribution in [-0.4, -0.2) is 23.4 Å². The first kappa shape index (κ1) is 10.0. The highest BCUT2D eigenvalue weighted by molar-refractivity contribution is 4.91. The Morgan fingerprint density at radius 2 is 1.50 bits per heavy atom. The Balaban J connectivity index is 2.77. The van der Waals surface area contributed by atoms with Gasteiger partial charge < -0.3 is 10.2 Å². The molecule has 0 spiro atoms. The lowest BCUT2D eigenvalue weighted by Crippen LogP contribution is -2.45. The third-order valence-electron chi connectivity index (χ3n) is 3.83. The molecule has 1 aliphatic rings. The van der Waals surface area contributed by atoms with Gasteiger partial charge >= 0.3 is 0 Å². The third-order valence-corrected chi connectivity index (χ3v) is 3.83. The molecule has 1 rings (SSSR count). The summed E-state index contributed by atoms with van der Waals surface area (Å²) in [6.07, 6.45) is 3.53. The molecular formula is C10H20O2. The van der Waals surface area contributed by atoms with E-state index in [-0.39, 0.29) is 18.6 Å². The molecule has 2 unspecified atom stereocenters. The molecule has 1 aliphatic carbocycles. The zero-order valence-electron chi connectivity index (χ0n) is 8.08. The van der Waals surface area contributed by atoms with Crippen LogP contribution in [0.4, 0.5) is 0 Å². The maximum atomic E-state index is 9.32. The van der Waals surface area contributed by atoms with Gasteiger partial charge in [-0.05, 0) is 24.7 Å². The number of hydrogen-bond acceptors (Lipinski definition) is 2. The average Bonchev–Trinajstić information content (AvgIpc) is 2.06. The highest BCUT2D eigenvalue weighted by Crippen LogP contribution is 2.44. The maximum Gasteiger partial charge on any atom is 0.0514 e. The topological polar surface area (TPSA) is 40.5 Å². The number of hydrogen-bond donors (Lipinski definition) is 2. The van der Waals surface area contributed by atoms with Gasteiger partial charge in [0.05, 0.1) is 13.2 Å². The highest BCUT2D eigenvalue weighted by atomic mass is 16.3. The Morgan fingerprint density at radius 3 is 1.75 bits per heavy atom. The van der Waals surface area contributed by atoms with Crippen molar-refractivity contribution >= 4 is 0 Å². The van der Waals surface area contributed by atoms with Crippen LogP contribution in [0.25, 0.3) is 0 Å². The summed E-state index contributed by atoms with van der Waals surface area (Å²) in [7, 11) is 0. The van der Waals surface area contributed by atoms with Gasteiger partial charge in [0.25, 0.3) is 0 Å². The molecule has 2 nitrogen and oxygen atoms in total. The number of rotatable bonds is 2. The van der Waals surface area contributed by atoms with Crippen LogP contribution in [0, 0.1) is 17.3 Å². The quantitative estimate of drug-likeness (QED) is 0.661. The lowest BCUT2D eigenvalue weighted by Gasteiger charge is -2.45. The van der Waals surface area contributed by atoms with Gasteiger partial charge in [-0.3, -0.25) is 0 Å². The minimum atomic E-state index is -0.210. The van der Waals surface area contributed by atoms with Crippen LogP contribution in [0.15, 0.2) is 0 Å². The fraction of sp³-hybridized carbons (Fsp3) is 1.00. The number of aliphatic hydroxyl groups is 2. The SMILES string of the molecule is CC1CCCC(C)C1(CO)CO. The lowest BCUT2D eigenvalue weighted by atomic mass is 9.62. The molecule has 0 aromatic carbocycles. The minimum absolute atomic E-state index is 0.131. The molecule has 0 amide bonds. The molecule has 0 aromatic heterocycles. The van der Waals surface area contributed by atoms with Crippen molar-refractivity contribution in [2.75, 3.05) is 13.2 Å². The van der Waals surface area contributed by atoms with E-state index >= 15 is 0 Å². The van der Waals surface area contributed by atoms with E-state index < -0.39 is 0 Å². The fourth-order valence-electron chi connectivity index (χ4n) is 2.46.